The van der Waals surface area contributed by atoms with Gasteiger partial charge in [-0.05, 0) is 42.5 Å². The van der Waals surface area contributed by atoms with Crippen LogP contribution < -0.4 is 5.32 Å². The summed E-state index contributed by atoms with van der Waals surface area (Å²) in [5.74, 6) is -0.359. The van der Waals surface area contributed by atoms with Crippen LogP contribution in [0.15, 0.2) is 35.7 Å². The molecule has 0 aliphatic rings. The minimum Gasteiger partial charge on any atom is -0.310 e. The normalized spacial score (nSPS) is 12.6. The first kappa shape index (κ1) is 13.5. The van der Waals surface area contributed by atoms with E-state index in [1.807, 2.05) is 6.07 Å². The molecule has 1 atom stereocenters. The van der Waals surface area contributed by atoms with Gasteiger partial charge in [-0.1, -0.05) is 23.7 Å². The van der Waals surface area contributed by atoms with Crippen LogP contribution in [0.1, 0.15) is 17.4 Å². The molecule has 1 aromatic carbocycles. The van der Waals surface area contributed by atoms with Crippen molar-refractivity contribution in [2.75, 3.05) is 0 Å². The van der Waals surface area contributed by atoms with Crippen molar-refractivity contribution in [1.29, 1.82) is 0 Å². The van der Waals surface area contributed by atoms with Gasteiger partial charge in [-0.2, -0.15) is 0 Å². The van der Waals surface area contributed by atoms with E-state index in [4.69, 9.17) is 11.6 Å². The number of benzene rings is 1. The standard InChI is InChI=1S/C14H15ClFNS/c1-10(7-12-3-2-6-18-12)17-9-11-4-5-13(15)14(16)8-11/h2-6,8,10,17H,7,9H2,1H3. The third-order valence-corrected chi connectivity index (χ3v) is 3.93. The molecule has 0 saturated carbocycles. The van der Waals surface area contributed by atoms with Gasteiger partial charge >= 0.3 is 0 Å². The van der Waals surface area contributed by atoms with E-state index in [1.54, 1.807) is 17.4 Å². The fourth-order valence-corrected chi connectivity index (χ4v) is 2.70. The Bertz CT molecular complexity index is 499. The van der Waals surface area contributed by atoms with Gasteiger partial charge in [0.2, 0.25) is 0 Å². The highest BCUT2D eigenvalue weighted by molar-refractivity contribution is 7.09. The zero-order chi connectivity index (χ0) is 13.0. The Kier molecular flexibility index (Phi) is 4.75. The second kappa shape index (κ2) is 6.32. The maximum Gasteiger partial charge on any atom is 0.142 e. The van der Waals surface area contributed by atoms with Crippen LogP contribution in [-0.4, -0.2) is 6.04 Å². The zero-order valence-electron chi connectivity index (χ0n) is 10.1. The third-order valence-electron chi connectivity index (χ3n) is 2.73. The number of thiophene rings is 1. The molecule has 0 aliphatic heterocycles. The minimum atomic E-state index is -0.359. The molecule has 1 aromatic heterocycles. The second-order valence-corrected chi connectivity index (χ2v) is 5.75. The van der Waals surface area contributed by atoms with Gasteiger partial charge in [0, 0.05) is 17.5 Å². The Morgan fingerprint density at radius 3 is 2.89 bits per heavy atom. The molecular formula is C14H15ClFNS. The minimum absolute atomic E-state index is 0.172. The average molecular weight is 284 g/mol. The molecule has 0 amide bonds. The lowest BCUT2D eigenvalue weighted by atomic mass is 10.1. The summed E-state index contributed by atoms with van der Waals surface area (Å²) in [5.41, 5.74) is 0.912. The van der Waals surface area contributed by atoms with Gasteiger partial charge in [-0.3, -0.25) is 0 Å². The smallest absolute Gasteiger partial charge is 0.142 e. The van der Waals surface area contributed by atoms with Crippen molar-refractivity contribution in [1.82, 2.24) is 5.32 Å². The van der Waals surface area contributed by atoms with E-state index >= 15 is 0 Å². The fourth-order valence-electron chi connectivity index (χ4n) is 1.74. The Morgan fingerprint density at radius 1 is 1.39 bits per heavy atom. The highest BCUT2D eigenvalue weighted by Gasteiger charge is 2.05. The molecule has 96 valence electrons. The molecule has 0 bridgehead atoms. The van der Waals surface area contributed by atoms with E-state index in [1.165, 1.54) is 10.9 Å². The first-order valence-electron chi connectivity index (χ1n) is 5.85. The van der Waals surface area contributed by atoms with Gasteiger partial charge in [-0.25, -0.2) is 4.39 Å². The number of hydrogen-bond acceptors (Lipinski definition) is 2. The molecule has 1 heterocycles. The Balaban J connectivity index is 1.85. The maximum absolute atomic E-state index is 13.3. The van der Waals surface area contributed by atoms with Crippen LogP contribution in [0.2, 0.25) is 5.02 Å². The van der Waals surface area contributed by atoms with Crippen molar-refractivity contribution in [2.45, 2.75) is 25.9 Å². The zero-order valence-corrected chi connectivity index (χ0v) is 11.7. The van der Waals surface area contributed by atoms with Crippen LogP contribution in [0.5, 0.6) is 0 Å². The molecule has 0 saturated heterocycles. The predicted molar refractivity (Wildman–Crippen MR) is 75.7 cm³/mol. The topological polar surface area (TPSA) is 12.0 Å². The van der Waals surface area contributed by atoms with Gasteiger partial charge in [0.1, 0.15) is 5.82 Å². The molecule has 1 nitrogen and oxygen atoms in total. The molecule has 0 radical (unpaired) electrons. The van der Waals surface area contributed by atoms with Gasteiger partial charge in [0.05, 0.1) is 5.02 Å². The quantitative estimate of drug-likeness (QED) is 0.864. The van der Waals surface area contributed by atoms with Crippen LogP contribution in [0.3, 0.4) is 0 Å². The van der Waals surface area contributed by atoms with Crippen LogP contribution in [0, 0.1) is 5.82 Å². The van der Waals surface area contributed by atoms with E-state index in [-0.39, 0.29) is 10.8 Å². The summed E-state index contributed by atoms with van der Waals surface area (Å²) in [7, 11) is 0. The van der Waals surface area contributed by atoms with Gasteiger partial charge < -0.3 is 5.32 Å². The number of hydrogen-bond donors (Lipinski definition) is 1. The molecule has 2 rings (SSSR count). The number of nitrogens with one attached hydrogen (secondary N) is 1. The molecule has 18 heavy (non-hydrogen) atoms. The first-order chi connectivity index (χ1) is 8.65. The fraction of sp³-hybridized carbons (Fsp3) is 0.286. The van der Waals surface area contributed by atoms with Crippen molar-refractivity contribution in [3.8, 4) is 0 Å². The monoisotopic (exact) mass is 283 g/mol. The van der Waals surface area contributed by atoms with E-state index in [2.05, 4.69) is 29.8 Å². The van der Waals surface area contributed by atoms with Crippen molar-refractivity contribution in [2.24, 2.45) is 0 Å². The van der Waals surface area contributed by atoms with Crippen LogP contribution in [-0.2, 0) is 13.0 Å². The third kappa shape index (κ3) is 3.80. The van der Waals surface area contributed by atoms with E-state index < -0.39 is 0 Å². The van der Waals surface area contributed by atoms with E-state index in [0.717, 1.165) is 12.0 Å². The molecular weight excluding hydrogens is 269 g/mol. The molecule has 0 spiro atoms. The lowest BCUT2D eigenvalue weighted by molar-refractivity contribution is 0.545. The summed E-state index contributed by atoms with van der Waals surface area (Å²) < 4.78 is 13.3. The first-order valence-corrected chi connectivity index (χ1v) is 7.10. The van der Waals surface area contributed by atoms with Crippen molar-refractivity contribution in [3.63, 3.8) is 0 Å². The highest BCUT2D eigenvalue weighted by atomic mass is 35.5. The SMILES string of the molecule is CC(Cc1cccs1)NCc1ccc(Cl)c(F)c1. The molecule has 4 heteroatoms. The van der Waals surface area contributed by atoms with E-state index in [0.29, 0.717) is 12.6 Å². The van der Waals surface area contributed by atoms with Crippen molar-refractivity contribution < 1.29 is 4.39 Å². The largest absolute Gasteiger partial charge is 0.310 e. The lowest BCUT2D eigenvalue weighted by Gasteiger charge is -2.13. The summed E-state index contributed by atoms with van der Waals surface area (Å²) >= 11 is 7.40. The molecule has 1 N–H and O–H groups in total. The van der Waals surface area contributed by atoms with Crippen molar-refractivity contribution in [3.05, 3.63) is 57.0 Å². The average Bonchev–Trinajstić information content (AvgIpc) is 2.83. The molecule has 0 fully saturated rings. The summed E-state index contributed by atoms with van der Waals surface area (Å²) in [6.45, 7) is 2.78. The predicted octanol–water partition coefficient (Wildman–Crippen LogP) is 4.26. The Morgan fingerprint density at radius 2 is 2.22 bits per heavy atom. The molecule has 1 unspecified atom stereocenters. The highest BCUT2D eigenvalue weighted by Crippen LogP contribution is 2.16. The number of rotatable bonds is 5. The van der Waals surface area contributed by atoms with E-state index in [9.17, 15) is 4.39 Å². The maximum atomic E-state index is 13.3. The lowest BCUT2D eigenvalue weighted by Crippen LogP contribution is -2.27. The summed E-state index contributed by atoms with van der Waals surface area (Å²) in [5, 5.41) is 5.63. The van der Waals surface area contributed by atoms with Gasteiger partial charge in [0.25, 0.3) is 0 Å². The summed E-state index contributed by atoms with van der Waals surface area (Å²) in [6, 6.07) is 9.47. The van der Waals surface area contributed by atoms with Gasteiger partial charge in [0.15, 0.2) is 0 Å². The molecule has 2 aromatic rings. The van der Waals surface area contributed by atoms with Gasteiger partial charge in [-0.15, -0.1) is 11.3 Å². The van der Waals surface area contributed by atoms with Crippen LogP contribution >= 0.6 is 22.9 Å². The van der Waals surface area contributed by atoms with Crippen molar-refractivity contribution >= 4 is 22.9 Å². The molecule has 0 aliphatic carbocycles. The van der Waals surface area contributed by atoms with Crippen LogP contribution in [0.25, 0.3) is 0 Å². The number of halogens is 2. The summed E-state index contributed by atoms with van der Waals surface area (Å²) in [6.07, 6.45) is 0.994. The Labute approximate surface area is 116 Å². The summed E-state index contributed by atoms with van der Waals surface area (Å²) in [4.78, 5) is 1.36. The van der Waals surface area contributed by atoms with Crippen LogP contribution in [0.4, 0.5) is 4.39 Å². The Hall–Kier alpha value is -0.900. The second-order valence-electron chi connectivity index (χ2n) is 4.31.